The van der Waals surface area contributed by atoms with Gasteiger partial charge in [-0.05, 0) is 69.2 Å². The quantitative estimate of drug-likeness (QED) is 0.585. The van der Waals surface area contributed by atoms with Crippen molar-refractivity contribution >= 4 is 29.0 Å². The average Bonchev–Trinajstić information content (AvgIpc) is 2.65. The Hall–Kier alpha value is -3.41. The molecular formula is C22H24N4O2. The van der Waals surface area contributed by atoms with Crippen LogP contribution in [0.3, 0.4) is 0 Å². The molecule has 0 saturated carbocycles. The lowest BCUT2D eigenvalue weighted by molar-refractivity contribution is 0.0526. The molecule has 0 amide bonds. The predicted molar refractivity (Wildman–Crippen MR) is 112 cm³/mol. The first-order valence-corrected chi connectivity index (χ1v) is 9.19. The van der Waals surface area contributed by atoms with Crippen molar-refractivity contribution in [2.75, 3.05) is 17.2 Å². The highest BCUT2D eigenvalue weighted by Gasteiger charge is 2.08. The molecule has 0 saturated heterocycles. The van der Waals surface area contributed by atoms with E-state index in [0.29, 0.717) is 29.6 Å². The van der Waals surface area contributed by atoms with Crippen LogP contribution in [0.5, 0.6) is 0 Å². The maximum absolute atomic E-state index is 11.8. The van der Waals surface area contributed by atoms with Gasteiger partial charge in [0.05, 0.1) is 12.2 Å². The van der Waals surface area contributed by atoms with Crippen LogP contribution in [-0.4, -0.2) is 22.5 Å². The zero-order valence-corrected chi connectivity index (χ0v) is 16.5. The molecule has 0 aliphatic heterocycles. The number of carbonyl (C=O) groups is 1. The van der Waals surface area contributed by atoms with E-state index in [1.54, 1.807) is 19.1 Å². The molecule has 3 aromatic rings. The van der Waals surface area contributed by atoms with Gasteiger partial charge in [0.2, 0.25) is 0 Å². The smallest absolute Gasteiger partial charge is 0.338 e. The van der Waals surface area contributed by atoms with Crippen LogP contribution in [0.2, 0.25) is 0 Å². The first-order valence-electron chi connectivity index (χ1n) is 9.19. The van der Waals surface area contributed by atoms with Gasteiger partial charge in [0, 0.05) is 17.4 Å². The molecule has 0 aliphatic carbocycles. The molecule has 0 radical (unpaired) electrons. The van der Waals surface area contributed by atoms with E-state index in [-0.39, 0.29) is 5.97 Å². The van der Waals surface area contributed by atoms with Crippen molar-refractivity contribution in [1.82, 2.24) is 9.97 Å². The van der Waals surface area contributed by atoms with E-state index in [0.717, 1.165) is 16.9 Å². The highest BCUT2D eigenvalue weighted by Crippen LogP contribution is 2.23. The molecule has 2 N–H and O–H groups in total. The third-order valence-electron chi connectivity index (χ3n) is 4.16. The van der Waals surface area contributed by atoms with Gasteiger partial charge in [0.1, 0.15) is 17.5 Å². The summed E-state index contributed by atoms with van der Waals surface area (Å²) >= 11 is 0. The molecule has 2 aromatic carbocycles. The lowest BCUT2D eigenvalue weighted by Crippen LogP contribution is -2.05. The number of hydrogen-bond donors (Lipinski definition) is 2. The van der Waals surface area contributed by atoms with Gasteiger partial charge in [0.15, 0.2) is 0 Å². The molecule has 6 nitrogen and oxygen atoms in total. The number of ether oxygens (including phenoxy) is 1. The minimum Gasteiger partial charge on any atom is -0.462 e. The van der Waals surface area contributed by atoms with E-state index in [1.165, 1.54) is 5.56 Å². The molecule has 0 spiro atoms. The Labute approximate surface area is 165 Å². The van der Waals surface area contributed by atoms with Crippen molar-refractivity contribution < 1.29 is 9.53 Å². The van der Waals surface area contributed by atoms with E-state index in [4.69, 9.17) is 4.74 Å². The average molecular weight is 376 g/mol. The van der Waals surface area contributed by atoms with Gasteiger partial charge in [-0.1, -0.05) is 12.1 Å². The van der Waals surface area contributed by atoms with Crippen LogP contribution in [0.4, 0.5) is 23.0 Å². The SMILES string of the molecule is CCOC(=O)c1ccc(Nc2cc(Nc3cc(C)ccc3C)nc(C)n2)cc1. The summed E-state index contributed by atoms with van der Waals surface area (Å²) in [6.45, 7) is 8.11. The van der Waals surface area contributed by atoms with Crippen molar-refractivity contribution in [3.63, 3.8) is 0 Å². The number of aryl methyl sites for hydroxylation is 3. The molecule has 0 atom stereocenters. The second-order valence-electron chi connectivity index (χ2n) is 6.55. The predicted octanol–water partition coefficient (Wildman–Crippen LogP) is 5.07. The number of nitrogens with zero attached hydrogens (tertiary/aromatic N) is 2. The van der Waals surface area contributed by atoms with E-state index in [2.05, 4.69) is 52.6 Å². The van der Waals surface area contributed by atoms with Crippen molar-refractivity contribution in [3.05, 3.63) is 71.0 Å². The summed E-state index contributed by atoms with van der Waals surface area (Å²) in [6, 6.07) is 15.2. The Balaban J connectivity index is 1.78. The van der Waals surface area contributed by atoms with Crippen LogP contribution < -0.4 is 10.6 Å². The summed E-state index contributed by atoms with van der Waals surface area (Å²) in [5.74, 6) is 1.71. The van der Waals surface area contributed by atoms with Crippen LogP contribution in [-0.2, 0) is 4.74 Å². The minimum absolute atomic E-state index is 0.327. The zero-order valence-electron chi connectivity index (χ0n) is 16.5. The van der Waals surface area contributed by atoms with E-state index >= 15 is 0 Å². The standard InChI is InChI=1S/C22H24N4O2/c1-5-28-22(27)17-8-10-18(11-9-17)25-20-13-21(24-16(4)23-20)26-19-12-14(2)6-7-15(19)3/h6-13H,5H2,1-4H3,(H2,23,24,25,26). The summed E-state index contributed by atoms with van der Waals surface area (Å²) in [4.78, 5) is 20.7. The monoisotopic (exact) mass is 376 g/mol. The van der Waals surface area contributed by atoms with Crippen molar-refractivity contribution in [2.24, 2.45) is 0 Å². The van der Waals surface area contributed by atoms with Crippen molar-refractivity contribution in [2.45, 2.75) is 27.7 Å². The molecule has 28 heavy (non-hydrogen) atoms. The van der Waals surface area contributed by atoms with Crippen LogP contribution in [0.15, 0.2) is 48.5 Å². The molecule has 144 valence electrons. The fourth-order valence-electron chi connectivity index (χ4n) is 2.76. The Morgan fingerprint density at radius 2 is 1.61 bits per heavy atom. The molecular weight excluding hydrogens is 352 g/mol. The van der Waals surface area contributed by atoms with Crippen molar-refractivity contribution in [3.8, 4) is 0 Å². The van der Waals surface area contributed by atoms with Gasteiger partial charge in [-0.15, -0.1) is 0 Å². The first kappa shape index (κ1) is 19.4. The van der Waals surface area contributed by atoms with Gasteiger partial charge < -0.3 is 15.4 Å². The number of rotatable bonds is 6. The maximum Gasteiger partial charge on any atom is 0.338 e. The second-order valence-corrected chi connectivity index (χ2v) is 6.55. The Kier molecular flexibility index (Phi) is 5.89. The van der Waals surface area contributed by atoms with Gasteiger partial charge in [-0.25, -0.2) is 14.8 Å². The van der Waals surface area contributed by atoms with Crippen molar-refractivity contribution in [1.29, 1.82) is 0 Å². The first-order chi connectivity index (χ1) is 13.4. The highest BCUT2D eigenvalue weighted by molar-refractivity contribution is 5.89. The van der Waals surface area contributed by atoms with Crippen LogP contribution in [0.1, 0.15) is 34.2 Å². The van der Waals surface area contributed by atoms with Crippen LogP contribution >= 0.6 is 0 Å². The number of benzene rings is 2. The lowest BCUT2D eigenvalue weighted by atomic mass is 10.1. The number of anilines is 4. The summed E-state index contributed by atoms with van der Waals surface area (Å²) in [7, 11) is 0. The summed E-state index contributed by atoms with van der Waals surface area (Å²) in [5.41, 5.74) is 4.68. The van der Waals surface area contributed by atoms with Crippen LogP contribution in [0, 0.1) is 20.8 Å². The molecule has 0 aliphatic rings. The molecule has 0 bridgehead atoms. The number of carbonyl (C=O) groups excluding carboxylic acids is 1. The molecule has 0 fully saturated rings. The van der Waals surface area contributed by atoms with E-state index in [9.17, 15) is 4.79 Å². The third-order valence-corrected chi connectivity index (χ3v) is 4.16. The normalized spacial score (nSPS) is 10.4. The number of aromatic nitrogens is 2. The molecule has 3 rings (SSSR count). The van der Waals surface area contributed by atoms with E-state index in [1.807, 2.05) is 25.1 Å². The third kappa shape index (κ3) is 4.85. The summed E-state index contributed by atoms with van der Waals surface area (Å²) < 4.78 is 5.00. The fourth-order valence-corrected chi connectivity index (χ4v) is 2.76. The highest BCUT2D eigenvalue weighted by atomic mass is 16.5. The molecule has 1 aromatic heterocycles. The van der Waals surface area contributed by atoms with Gasteiger partial charge in [-0.3, -0.25) is 0 Å². The Bertz CT molecular complexity index is 984. The fraction of sp³-hybridized carbons (Fsp3) is 0.227. The molecule has 0 unspecified atom stereocenters. The van der Waals surface area contributed by atoms with Gasteiger partial charge in [0.25, 0.3) is 0 Å². The minimum atomic E-state index is -0.327. The Morgan fingerprint density at radius 3 is 2.29 bits per heavy atom. The number of esters is 1. The van der Waals surface area contributed by atoms with Gasteiger partial charge >= 0.3 is 5.97 Å². The number of nitrogens with one attached hydrogen (secondary N) is 2. The maximum atomic E-state index is 11.8. The molecule has 6 heteroatoms. The largest absolute Gasteiger partial charge is 0.462 e. The topological polar surface area (TPSA) is 76.1 Å². The van der Waals surface area contributed by atoms with Crippen LogP contribution in [0.25, 0.3) is 0 Å². The summed E-state index contributed by atoms with van der Waals surface area (Å²) in [5, 5.41) is 6.62. The number of hydrogen-bond acceptors (Lipinski definition) is 6. The Morgan fingerprint density at radius 1 is 0.929 bits per heavy atom. The second kappa shape index (κ2) is 8.52. The molecule has 1 heterocycles. The van der Waals surface area contributed by atoms with Gasteiger partial charge in [-0.2, -0.15) is 0 Å². The summed E-state index contributed by atoms with van der Waals surface area (Å²) in [6.07, 6.45) is 0. The zero-order chi connectivity index (χ0) is 20.1. The van der Waals surface area contributed by atoms with E-state index < -0.39 is 0 Å². The lowest BCUT2D eigenvalue weighted by Gasteiger charge is -2.12.